The second kappa shape index (κ2) is 4.64. The molecular weight excluding hydrogens is 178 g/mol. The topological polar surface area (TPSA) is 61.9 Å². The van der Waals surface area contributed by atoms with E-state index in [1.54, 1.807) is 0 Å². The van der Waals surface area contributed by atoms with Crippen molar-refractivity contribution < 1.29 is 0 Å². The van der Waals surface area contributed by atoms with E-state index < -0.39 is 0 Å². The van der Waals surface area contributed by atoms with Crippen LogP contribution in [0.15, 0.2) is 6.07 Å². The van der Waals surface area contributed by atoms with Gasteiger partial charge in [-0.05, 0) is 13.8 Å². The normalized spacial score (nSPS) is 10.1. The van der Waals surface area contributed by atoms with Gasteiger partial charge in [0.25, 0.3) is 0 Å². The summed E-state index contributed by atoms with van der Waals surface area (Å²) in [5.41, 5.74) is 0. The van der Waals surface area contributed by atoms with E-state index in [0.29, 0.717) is 12.0 Å². The van der Waals surface area contributed by atoms with Crippen molar-refractivity contribution in [3.8, 4) is 0 Å². The first-order valence-electron chi connectivity index (χ1n) is 4.67. The summed E-state index contributed by atoms with van der Waals surface area (Å²) < 4.78 is 0. The molecule has 1 aromatic rings. The molecule has 1 aromatic heterocycles. The zero-order valence-corrected chi connectivity index (χ0v) is 9.05. The molecule has 14 heavy (non-hydrogen) atoms. The second-order valence-corrected chi connectivity index (χ2v) is 3.26. The van der Waals surface area contributed by atoms with Crippen molar-refractivity contribution >= 4 is 17.6 Å². The van der Waals surface area contributed by atoms with Gasteiger partial charge in [-0.1, -0.05) is 0 Å². The number of nitrogens with one attached hydrogen (secondary N) is 3. The van der Waals surface area contributed by atoms with Crippen LogP contribution in [0.3, 0.4) is 0 Å². The third kappa shape index (κ3) is 2.76. The standard InChI is InChI=1S/C9H17N5/c1-6(2)12-9-13-7(10-3)5-8(11-4)14-9/h5-6H,1-4H3,(H3,10,11,12,13,14). The maximum absolute atomic E-state index is 4.27. The van der Waals surface area contributed by atoms with Crippen LogP contribution in [0.1, 0.15) is 13.8 Å². The number of nitrogens with zero attached hydrogens (tertiary/aromatic N) is 2. The van der Waals surface area contributed by atoms with Crippen molar-refractivity contribution in [1.29, 1.82) is 0 Å². The quantitative estimate of drug-likeness (QED) is 0.677. The Morgan fingerprint density at radius 2 is 1.57 bits per heavy atom. The van der Waals surface area contributed by atoms with Gasteiger partial charge in [0.1, 0.15) is 11.6 Å². The van der Waals surface area contributed by atoms with Gasteiger partial charge in [0.2, 0.25) is 5.95 Å². The minimum atomic E-state index is 0.326. The summed E-state index contributed by atoms with van der Waals surface area (Å²) in [5.74, 6) is 2.23. The molecule has 0 aliphatic carbocycles. The van der Waals surface area contributed by atoms with Gasteiger partial charge in [-0.3, -0.25) is 0 Å². The Morgan fingerprint density at radius 3 is 1.93 bits per heavy atom. The average molecular weight is 195 g/mol. The van der Waals surface area contributed by atoms with E-state index in [4.69, 9.17) is 0 Å². The molecule has 0 bridgehead atoms. The first-order valence-corrected chi connectivity index (χ1v) is 4.67. The van der Waals surface area contributed by atoms with Crippen molar-refractivity contribution in [2.45, 2.75) is 19.9 Å². The monoisotopic (exact) mass is 195 g/mol. The van der Waals surface area contributed by atoms with E-state index >= 15 is 0 Å². The van der Waals surface area contributed by atoms with Crippen molar-refractivity contribution in [2.75, 3.05) is 30.0 Å². The van der Waals surface area contributed by atoms with Gasteiger partial charge in [0.15, 0.2) is 0 Å². The summed E-state index contributed by atoms with van der Waals surface area (Å²) in [6, 6.07) is 2.18. The van der Waals surface area contributed by atoms with Crippen molar-refractivity contribution in [3.05, 3.63) is 6.07 Å². The van der Waals surface area contributed by atoms with E-state index in [1.807, 2.05) is 20.2 Å². The Balaban J connectivity index is 2.92. The lowest BCUT2D eigenvalue weighted by Gasteiger charge is -2.11. The van der Waals surface area contributed by atoms with Gasteiger partial charge in [-0.2, -0.15) is 9.97 Å². The molecule has 0 radical (unpaired) electrons. The van der Waals surface area contributed by atoms with Gasteiger partial charge in [0, 0.05) is 26.2 Å². The molecule has 5 nitrogen and oxygen atoms in total. The number of hydrogen-bond acceptors (Lipinski definition) is 5. The molecule has 0 amide bonds. The van der Waals surface area contributed by atoms with Gasteiger partial charge in [0.05, 0.1) is 0 Å². The molecule has 1 rings (SSSR count). The number of hydrogen-bond donors (Lipinski definition) is 3. The Hall–Kier alpha value is -1.52. The predicted octanol–water partition coefficient (Wildman–Crippen LogP) is 1.38. The highest BCUT2D eigenvalue weighted by atomic mass is 15.2. The summed E-state index contributed by atoms with van der Waals surface area (Å²) in [7, 11) is 3.67. The van der Waals surface area contributed by atoms with Crippen LogP contribution >= 0.6 is 0 Å². The highest BCUT2D eigenvalue weighted by Crippen LogP contribution is 2.13. The van der Waals surface area contributed by atoms with Crippen molar-refractivity contribution in [1.82, 2.24) is 9.97 Å². The van der Waals surface area contributed by atoms with Gasteiger partial charge in [-0.15, -0.1) is 0 Å². The fourth-order valence-electron chi connectivity index (χ4n) is 1.03. The molecule has 0 aromatic carbocycles. The van der Waals surface area contributed by atoms with Crippen molar-refractivity contribution in [2.24, 2.45) is 0 Å². The summed E-state index contributed by atoms with van der Waals surface area (Å²) in [4.78, 5) is 8.53. The Kier molecular flexibility index (Phi) is 3.50. The van der Waals surface area contributed by atoms with Crippen LogP contribution in [0.25, 0.3) is 0 Å². The lowest BCUT2D eigenvalue weighted by atomic mass is 10.4. The lowest BCUT2D eigenvalue weighted by molar-refractivity contribution is 0.875. The van der Waals surface area contributed by atoms with E-state index in [0.717, 1.165) is 11.6 Å². The summed E-state index contributed by atoms with van der Waals surface area (Å²) in [6.45, 7) is 4.10. The highest BCUT2D eigenvalue weighted by molar-refractivity contribution is 5.51. The highest BCUT2D eigenvalue weighted by Gasteiger charge is 2.03. The zero-order chi connectivity index (χ0) is 10.6. The minimum Gasteiger partial charge on any atom is -0.373 e. The number of aromatic nitrogens is 2. The molecular formula is C9H17N5. The van der Waals surface area contributed by atoms with Gasteiger partial charge in [-0.25, -0.2) is 0 Å². The molecule has 78 valence electrons. The molecule has 3 N–H and O–H groups in total. The molecule has 0 saturated carbocycles. The van der Waals surface area contributed by atoms with Crippen LogP contribution in [0.5, 0.6) is 0 Å². The number of anilines is 3. The Bertz CT molecular complexity index is 275. The third-order valence-electron chi connectivity index (χ3n) is 1.66. The average Bonchev–Trinajstić information content (AvgIpc) is 2.16. The van der Waals surface area contributed by atoms with Gasteiger partial charge >= 0.3 is 0 Å². The Morgan fingerprint density at radius 1 is 1.07 bits per heavy atom. The maximum atomic E-state index is 4.27. The largest absolute Gasteiger partial charge is 0.373 e. The summed E-state index contributed by atoms with van der Waals surface area (Å²) in [6.07, 6.45) is 0. The first kappa shape index (κ1) is 10.6. The van der Waals surface area contributed by atoms with Crippen LogP contribution in [0.2, 0.25) is 0 Å². The van der Waals surface area contributed by atoms with Crippen LogP contribution in [-0.2, 0) is 0 Å². The fourth-order valence-corrected chi connectivity index (χ4v) is 1.03. The molecule has 5 heteroatoms. The summed E-state index contributed by atoms with van der Waals surface area (Å²) >= 11 is 0. The maximum Gasteiger partial charge on any atom is 0.226 e. The van der Waals surface area contributed by atoms with Crippen molar-refractivity contribution in [3.63, 3.8) is 0 Å². The first-order chi connectivity index (χ1) is 6.65. The van der Waals surface area contributed by atoms with E-state index in [-0.39, 0.29) is 0 Å². The smallest absolute Gasteiger partial charge is 0.226 e. The van der Waals surface area contributed by atoms with Crippen LogP contribution in [-0.4, -0.2) is 30.1 Å². The SMILES string of the molecule is CNc1cc(NC)nc(NC(C)C)n1. The molecule has 1 heterocycles. The Labute approximate surface area is 84.3 Å². The molecule has 0 fully saturated rings. The third-order valence-corrected chi connectivity index (χ3v) is 1.66. The lowest BCUT2D eigenvalue weighted by Crippen LogP contribution is -2.13. The van der Waals surface area contributed by atoms with Gasteiger partial charge < -0.3 is 16.0 Å². The van der Waals surface area contributed by atoms with E-state index in [2.05, 4.69) is 39.8 Å². The van der Waals surface area contributed by atoms with Crippen LogP contribution in [0.4, 0.5) is 17.6 Å². The van der Waals surface area contributed by atoms with Crippen LogP contribution < -0.4 is 16.0 Å². The molecule has 0 aliphatic rings. The predicted molar refractivity (Wildman–Crippen MR) is 59.9 cm³/mol. The van der Waals surface area contributed by atoms with Crippen LogP contribution in [0, 0.1) is 0 Å². The summed E-state index contributed by atoms with van der Waals surface area (Å²) in [5, 5.41) is 9.12. The molecule has 0 atom stereocenters. The number of rotatable bonds is 4. The van der Waals surface area contributed by atoms with E-state index in [1.165, 1.54) is 0 Å². The molecule has 0 spiro atoms. The fraction of sp³-hybridized carbons (Fsp3) is 0.556. The molecule has 0 saturated heterocycles. The minimum absolute atomic E-state index is 0.326. The van der Waals surface area contributed by atoms with E-state index in [9.17, 15) is 0 Å². The zero-order valence-electron chi connectivity index (χ0n) is 9.05. The molecule has 0 unspecified atom stereocenters. The second-order valence-electron chi connectivity index (χ2n) is 3.26. The molecule has 0 aliphatic heterocycles.